The van der Waals surface area contributed by atoms with Gasteiger partial charge in [-0.1, -0.05) is 35.2 Å². The van der Waals surface area contributed by atoms with Crippen LogP contribution in [0.2, 0.25) is 0 Å². The van der Waals surface area contributed by atoms with Crippen molar-refractivity contribution in [2.45, 2.75) is 17.2 Å². The first-order valence-electron chi connectivity index (χ1n) is 8.68. The van der Waals surface area contributed by atoms with Crippen LogP contribution in [0.5, 0.6) is 5.75 Å². The lowest BCUT2D eigenvalue weighted by molar-refractivity contribution is -0.137. The van der Waals surface area contributed by atoms with Crippen LogP contribution in [0, 0.1) is 0 Å². The van der Waals surface area contributed by atoms with Gasteiger partial charge >= 0.3 is 5.97 Å². The highest BCUT2D eigenvalue weighted by Gasteiger charge is 2.21. The standard InChI is InChI=1S/C17H22N4O6S3/c1-26-13-8-5-4-7-12(13)21(30(3,24)25)10-6-9-14(22)18-16-19-20-17(29-16)28-11-15(23)27-2/h4-5,7-8H,6,9-11H2,1-3H3,(H,18,19,22). The van der Waals surface area contributed by atoms with Gasteiger partial charge in [-0.25, -0.2) is 8.42 Å². The number of hydrogen-bond acceptors (Lipinski definition) is 10. The Kier molecular flexibility index (Phi) is 8.87. The van der Waals surface area contributed by atoms with Crippen molar-refractivity contribution in [2.75, 3.05) is 42.4 Å². The van der Waals surface area contributed by atoms with E-state index in [1.807, 2.05) is 0 Å². The number of aromatic nitrogens is 2. The second-order valence-corrected chi connectivity index (χ2v) is 10.0. The maximum Gasteiger partial charge on any atom is 0.316 e. The molecule has 13 heteroatoms. The number of carbonyl (C=O) groups is 2. The third-order valence-electron chi connectivity index (χ3n) is 3.71. The zero-order valence-electron chi connectivity index (χ0n) is 16.7. The largest absolute Gasteiger partial charge is 0.495 e. The second-order valence-electron chi connectivity index (χ2n) is 5.90. The monoisotopic (exact) mass is 474 g/mol. The first-order chi connectivity index (χ1) is 14.2. The number of hydrogen-bond donors (Lipinski definition) is 1. The summed E-state index contributed by atoms with van der Waals surface area (Å²) < 4.78 is 36.0. The maximum absolute atomic E-state index is 12.2. The fraction of sp³-hybridized carbons (Fsp3) is 0.412. The number of nitrogens with one attached hydrogen (secondary N) is 1. The number of benzene rings is 1. The lowest BCUT2D eigenvalue weighted by atomic mass is 10.2. The minimum Gasteiger partial charge on any atom is -0.495 e. The van der Waals surface area contributed by atoms with Gasteiger partial charge in [0.05, 0.1) is 31.9 Å². The third-order valence-corrected chi connectivity index (χ3v) is 6.84. The average Bonchev–Trinajstić information content (AvgIpc) is 3.15. The highest BCUT2D eigenvalue weighted by Crippen LogP contribution is 2.30. The predicted molar refractivity (Wildman–Crippen MR) is 116 cm³/mol. The Bertz CT molecular complexity index is 979. The Morgan fingerprint density at radius 3 is 2.63 bits per heavy atom. The number of para-hydroxylation sites is 2. The lowest BCUT2D eigenvalue weighted by Gasteiger charge is -2.24. The van der Waals surface area contributed by atoms with E-state index in [0.717, 1.165) is 29.4 Å². The first kappa shape index (κ1) is 23.9. The average molecular weight is 475 g/mol. The van der Waals surface area contributed by atoms with E-state index in [2.05, 4.69) is 20.3 Å². The van der Waals surface area contributed by atoms with Crippen molar-refractivity contribution < 1.29 is 27.5 Å². The molecule has 0 spiro atoms. The molecule has 2 rings (SSSR count). The highest BCUT2D eigenvalue weighted by atomic mass is 32.2. The Morgan fingerprint density at radius 2 is 1.97 bits per heavy atom. The van der Waals surface area contributed by atoms with Crippen LogP contribution in [0.1, 0.15) is 12.8 Å². The van der Waals surface area contributed by atoms with Crippen molar-refractivity contribution in [3.63, 3.8) is 0 Å². The van der Waals surface area contributed by atoms with Gasteiger partial charge in [-0.05, 0) is 18.6 Å². The zero-order valence-corrected chi connectivity index (χ0v) is 19.1. The number of sulfonamides is 1. The molecule has 0 radical (unpaired) electrons. The first-order valence-corrected chi connectivity index (χ1v) is 12.3. The number of nitrogens with zero attached hydrogens (tertiary/aromatic N) is 3. The minimum absolute atomic E-state index is 0.0887. The Labute approximate surface area is 183 Å². The number of methoxy groups -OCH3 is 2. The van der Waals surface area contributed by atoms with Crippen molar-refractivity contribution in [1.29, 1.82) is 0 Å². The van der Waals surface area contributed by atoms with Gasteiger partial charge in [0, 0.05) is 13.0 Å². The molecule has 0 saturated carbocycles. The molecule has 164 valence electrons. The molecule has 10 nitrogen and oxygen atoms in total. The highest BCUT2D eigenvalue weighted by molar-refractivity contribution is 8.01. The summed E-state index contributed by atoms with van der Waals surface area (Å²) in [5.74, 6) is -0.169. The van der Waals surface area contributed by atoms with Gasteiger partial charge in [-0.15, -0.1) is 10.2 Å². The summed E-state index contributed by atoms with van der Waals surface area (Å²) in [7, 11) is -0.795. The molecule has 1 heterocycles. The molecule has 0 aliphatic heterocycles. The number of carbonyl (C=O) groups excluding carboxylic acids is 2. The smallest absolute Gasteiger partial charge is 0.316 e. The van der Waals surface area contributed by atoms with E-state index >= 15 is 0 Å². The summed E-state index contributed by atoms with van der Waals surface area (Å²) >= 11 is 2.30. The van der Waals surface area contributed by atoms with Crippen LogP contribution >= 0.6 is 23.1 Å². The summed E-state index contributed by atoms with van der Waals surface area (Å²) in [5, 5.41) is 10.7. The molecular formula is C17H22N4O6S3. The predicted octanol–water partition coefficient (Wildman–Crippen LogP) is 2.00. The third kappa shape index (κ3) is 7.15. The van der Waals surface area contributed by atoms with E-state index in [4.69, 9.17) is 4.74 Å². The number of thioether (sulfide) groups is 1. The van der Waals surface area contributed by atoms with E-state index in [1.165, 1.54) is 18.5 Å². The molecule has 0 bridgehead atoms. The van der Waals surface area contributed by atoms with Crippen LogP contribution in [0.4, 0.5) is 10.8 Å². The van der Waals surface area contributed by atoms with Crippen LogP contribution < -0.4 is 14.4 Å². The fourth-order valence-electron chi connectivity index (χ4n) is 2.36. The van der Waals surface area contributed by atoms with Crippen molar-refractivity contribution in [3.05, 3.63) is 24.3 Å². The Hall–Kier alpha value is -2.38. The topological polar surface area (TPSA) is 128 Å². The van der Waals surface area contributed by atoms with Gasteiger partial charge in [0.2, 0.25) is 21.1 Å². The number of amides is 1. The number of rotatable bonds is 11. The molecule has 0 saturated heterocycles. The van der Waals surface area contributed by atoms with Gasteiger partial charge in [0.15, 0.2) is 4.34 Å². The second kappa shape index (κ2) is 11.1. The van der Waals surface area contributed by atoms with E-state index < -0.39 is 10.0 Å². The van der Waals surface area contributed by atoms with Crippen LogP contribution in [0.3, 0.4) is 0 Å². The zero-order chi connectivity index (χ0) is 22.1. The van der Waals surface area contributed by atoms with Gasteiger partial charge in [0.1, 0.15) is 5.75 Å². The van der Waals surface area contributed by atoms with Gasteiger partial charge < -0.3 is 14.8 Å². The summed E-state index contributed by atoms with van der Waals surface area (Å²) in [5.41, 5.74) is 0.416. The van der Waals surface area contributed by atoms with Crippen LogP contribution in [0.25, 0.3) is 0 Å². The molecule has 0 unspecified atom stereocenters. The van der Waals surface area contributed by atoms with Crippen LogP contribution in [-0.2, 0) is 24.3 Å². The van der Waals surface area contributed by atoms with Crippen molar-refractivity contribution in [1.82, 2.24) is 10.2 Å². The van der Waals surface area contributed by atoms with E-state index in [9.17, 15) is 18.0 Å². The summed E-state index contributed by atoms with van der Waals surface area (Å²) in [4.78, 5) is 23.3. The maximum atomic E-state index is 12.2. The SMILES string of the molecule is COC(=O)CSc1nnc(NC(=O)CCCN(c2ccccc2OC)S(C)(=O)=O)s1. The quantitative estimate of drug-likeness (QED) is 0.295. The van der Waals surface area contributed by atoms with Gasteiger partial charge in [0.25, 0.3) is 0 Å². The lowest BCUT2D eigenvalue weighted by Crippen LogP contribution is -2.31. The molecule has 2 aromatic rings. The molecule has 1 amide bonds. The Balaban J connectivity index is 1.90. The number of esters is 1. The van der Waals surface area contributed by atoms with E-state index in [-0.39, 0.29) is 30.6 Å². The van der Waals surface area contributed by atoms with E-state index in [0.29, 0.717) is 27.3 Å². The molecule has 1 aromatic heterocycles. The molecule has 0 aliphatic rings. The molecule has 0 fully saturated rings. The van der Waals surface area contributed by atoms with Crippen LogP contribution in [0.15, 0.2) is 28.6 Å². The Morgan fingerprint density at radius 1 is 1.23 bits per heavy atom. The van der Waals surface area contributed by atoms with E-state index in [1.54, 1.807) is 24.3 Å². The fourth-order valence-corrected chi connectivity index (χ4v) is 4.93. The van der Waals surface area contributed by atoms with Crippen LogP contribution in [-0.4, -0.2) is 63.3 Å². The van der Waals surface area contributed by atoms with Crippen molar-refractivity contribution >= 4 is 55.8 Å². The number of anilines is 2. The normalized spacial score (nSPS) is 11.0. The van der Waals surface area contributed by atoms with Gasteiger partial charge in [-0.3, -0.25) is 13.9 Å². The molecule has 0 aliphatic carbocycles. The van der Waals surface area contributed by atoms with Gasteiger partial charge in [-0.2, -0.15) is 0 Å². The molecule has 1 aromatic carbocycles. The summed E-state index contributed by atoms with van der Waals surface area (Å²) in [6, 6.07) is 6.78. The molecule has 30 heavy (non-hydrogen) atoms. The number of ether oxygens (including phenoxy) is 2. The minimum atomic E-state index is -3.56. The van der Waals surface area contributed by atoms with Crippen molar-refractivity contribution in [2.24, 2.45) is 0 Å². The summed E-state index contributed by atoms with van der Waals surface area (Å²) in [6.45, 7) is 0.114. The molecule has 1 N–H and O–H groups in total. The van der Waals surface area contributed by atoms with Crippen molar-refractivity contribution in [3.8, 4) is 5.75 Å². The molecular weight excluding hydrogens is 452 g/mol. The molecule has 0 atom stereocenters. The summed E-state index contributed by atoms with van der Waals surface area (Å²) in [6.07, 6.45) is 1.49.